The van der Waals surface area contributed by atoms with E-state index in [1.165, 1.54) is 16.9 Å². The first kappa shape index (κ1) is 26.3. The molecule has 0 aliphatic heterocycles. The number of hydrogen-bond donors (Lipinski definition) is 5. The van der Waals surface area contributed by atoms with Crippen LogP contribution >= 0.6 is 22.9 Å². The molecule has 0 amide bonds. The van der Waals surface area contributed by atoms with Gasteiger partial charge < -0.3 is 26.0 Å². The van der Waals surface area contributed by atoms with Gasteiger partial charge in [0.2, 0.25) is 5.95 Å². The monoisotopic (exact) mass is 566 g/mol. The van der Waals surface area contributed by atoms with E-state index in [2.05, 4.69) is 27.8 Å². The molecular weight excluding hydrogens is 536 g/mol. The first-order chi connectivity index (χ1) is 18.9. The second-order valence-corrected chi connectivity index (χ2v) is 11.9. The van der Waals surface area contributed by atoms with Gasteiger partial charge >= 0.3 is 0 Å². The summed E-state index contributed by atoms with van der Waals surface area (Å²) in [6, 6.07) is 9.63. The number of anilines is 2. The van der Waals surface area contributed by atoms with Gasteiger partial charge in [-0.1, -0.05) is 30.2 Å². The Morgan fingerprint density at radius 2 is 1.82 bits per heavy atom. The predicted molar refractivity (Wildman–Crippen MR) is 153 cm³/mol. The molecule has 0 radical (unpaired) electrons. The van der Waals surface area contributed by atoms with Gasteiger partial charge in [-0.25, -0.2) is 9.97 Å². The molecule has 6 atom stereocenters. The Labute approximate surface area is 235 Å². The number of aliphatic hydroxyl groups excluding tert-OH is 3. The fourth-order valence-corrected chi connectivity index (χ4v) is 7.07. The normalized spacial score (nSPS) is 26.8. The van der Waals surface area contributed by atoms with Gasteiger partial charge in [0.15, 0.2) is 0 Å². The number of hydrogen-bond acceptors (Lipinski definition) is 10. The number of aryl methyl sites for hydroxylation is 1. The number of nitrogens with zero attached hydrogens (tertiary/aromatic N) is 4. The fourth-order valence-electron chi connectivity index (χ4n) is 5.92. The van der Waals surface area contributed by atoms with Crippen LogP contribution in [-0.2, 0) is 0 Å². The summed E-state index contributed by atoms with van der Waals surface area (Å²) in [5, 5.41) is 39.3. The quantitative estimate of drug-likeness (QED) is 0.221. The highest BCUT2D eigenvalue weighted by Gasteiger charge is 2.41. The Morgan fingerprint density at radius 3 is 2.56 bits per heavy atom. The van der Waals surface area contributed by atoms with Gasteiger partial charge in [-0.3, -0.25) is 4.98 Å². The summed E-state index contributed by atoms with van der Waals surface area (Å²) in [5.74, 6) is 0.941. The van der Waals surface area contributed by atoms with E-state index in [1.54, 1.807) is 12.4 Å². The molecule has 0 bridgehead atoms. The van der Waals surface area contributed by atoms with Gasteiger partial charge in [-0.2, -0.15) is 4.98 Å². The standard InChI is InChI=1S/C28H31ClN6O3S/c1-14-23(27-33-21-12-30-10-9-22(21)39-27)26(32-20-11-16(13-36)24(37)25(20)38)35-28(31-14)34-19-4-2-3-18(19)15-5-7-17(29)8-6-15/h5-10,12,16,18-20,24-25,36-38H,2-4,11,13H2,1H3,(H2,31,32,34,35)/t16-,18+,19+,20-,24-,25+/m1/s1. The second kappa shape index (κ2) is 10.9. The van der Waals surface area contributed by atoms with Crippen molar-refractivity contribution in [1.82, 2.24) is 19.9 Å². The van der Waals surface area contributed by atoms with Gasteiger partial charge in [0.1, 0.15) is 22.4 Å². The maximum absolute atomic E-state index is 10.7. The van der Waals surface area contributed by atoms with Gasteiger partial charge in [0, 0.05) is 35.7 Å². The molecule has 2 aliphatic rings. The van der Waals surface area contributed by atoms with E-state index < -0.39 is 24.2 Å². The molecule has 4 aromatic rings. The van der Waals surface area contributed by atoms with Crippen molar-refractivity contribution in [3.05, 3.63) is 59.0 Å². The molecule has 3 heterocycles. The number of aromatic nitrogens is 4. The first-order valence-corrected chi connectivity index (χ1v) is 14.5. The van der Waals surface area contributed by atoms with Crippen LogP contribution in [0.25, 0.3) is 20.8 Å². The summed E-state index contributed by atoms with van der Waals surface area (Å²) >= 11 is 7.65. The van der Waals surface area contributed by atoms with Crippen molar-refractivity contribution >= 4 is 44.9 Å². The van der Waals surface area contributed by atoms with Gasteiger partial charge in [0.25, 0.3) is 0 Å². The van der Waals surface area contributed by atoms with E-state index in [1.807, 2.05) is 25.1 Å². The maximum Gasteiger partial charge on any atom is 0.225 e. The first-order valence-electron chi connectivity index (χ1n) is 13.3. The molecule has 2 aliphatic carbocycles. The summed E-state index contributed by atoms with van der Waals surface area (Å²) in [6.07, 6.45) is 5.00. The smallest absolute Gasteiger partial charge is 0.225 e. The van der Waals surface area contributed by atoms with Crippen LogP contribution in [0.3, 0.4) is 0 Å². The minimum atomic E-state index is -1.04. The third-order valence-electron chi connectivity index (χ3n) is 7.98. The van der Waals surface area contributed by atoms with Crippen molar-refractivity contribution in [2.75, 3.05) is 17.2 Å². The summed E-state index contributed by atoms with van der Waals surface area (Å²) < 4.78 is 1.00. The number of halogens is 1. The summed E-state index contributed by atoms with van der Waals surface area (Å²) in [7, 11) is 0. The van der Waals surface area contributed by atoms with Crippen molar-refractivity contribution in [1.29, 1.82) is 0 Å². The molecule has 1 aromatic carbocycles. The second-order valence-electron chi connectivity index (χ2n) is 10.5. The van der Waals surface area contributed by atoms with Crippen molar-refractivity contribution in [3.8, 4) is 10.6 Å². The van der Waals surface area contributed by atoms with Gasteiger partial charge in [0.05, 0.1) is 34.3 Å². The predicted octanol–water partition coefficient (Wildman–Crippen LogP) is 4.37. The van der Waals surface area contributed by atoms with Crippen LogP contribution in [0.5, 0.6) is 0 Å². The number of thiazole rings is 1. The number of benzene rings is 1. The zero-order valence-electron chi connectivity index (χ0n) is 21.5. The Balaban J connectivity index is 1.35. The molecule has 0 saturated heterocycles. The lowest BCUT2D eigenvalue weighted by Crippen LogP contribution is -2.36. The minimum absolute atomic E-state index is 0.162. The molecule has 11 heteroatoms. The third kappa shape index (κ3) is 5.19. The molecule has 39 heavy (non-hydrogen) atoms. The van der Waals surface area contributed by atoms with Crippen molar-refractivity contribution in [3.63, 3.8) is 0 Å². The van der Waals surface area contributed by atoms with Crippen LogP contribution in [0.1, 0.15) is 42.9 Å². The number of rotatable bonds is 7. The highest BCUT2D eigenvalue weighted by molar-refractivity contribution is 7.21. The average Bonchev–Trinajstić information content (AvgIpc) is 3.63. The molecule has 6 rings (SSSR count). The largest absolute Gasteiger partial charge is 0.396 e. The highest BCUT2D eigenvalue weighted by Crippen LogP contribution is 2.40. The van der Waals surface area contributed by atoms with Crippen molar-refractivity contribution in [2.45, 2.75) is 62.8 Å². The van der Waals surface area contributed by atoms with E-state index in [9.17, 15) is 15.3 Å². The number of nitrogens with one attached hydrogen (secondary N) is 2. The topological polar surface area (TPSA) is 136 Å². The minimum Gasteiger partial charge on any atom is -0.396 e. The maximum atomic E-state index is 10.7. The number of pyridine rings is 1. The zero-order valence-corrected chi connectivity index (χ0v) is 23.0. The average molecular weight is 567 g/mol. The Hall–Kier alpha value is -2.89. The van der Waals surface area contributed by atoms with E-state index in [4.69, 9.17) is 26.6 Å². The molecule has 3 aromatic heterocycles. The Morgan fingerprint density at radius 1 is 1.00 bits per heavy atom. The van der Waals surface area contributed by atoms with E-state index >= 15 is 0 Å². The van der Waals surface area contributed by atoms with Crippen molar-refractivity contribution in [2.24, 2.45) is 5.92 Å². The molecule has 5 N–H and O–H groups in total. The van der Waals surface area contributed by atoms with Crippen LogP contribution in [0, 0.1) is 12.8 Å². The van der Waals surface area contributed by atoms with Gasteiger partial charge in [-0.05, 0) is 49.9 Å². The lowest BCUT2D eigenvalue weighted by Gasteiger charge is -2.24. The Bertz CT molecular complexity index is 1430. The van der Waals surface area contributed by atoms with Crippen LogP contribution in [-0.4, -0.2) is 66.2 Å². The molecule has 9 nitrogen and oxygen atoms in total. The molecule has 204 valence electrons. The highest BCUT2D eigenvalue weighted by atomic mass is 35.5. The molecule has 0 unspecified atom stereocenters. The summed E-state index contributed by atoms with van der Waals surface area (Å²) in [5.41, 5.74) is 3.52. The molecule has 0 spiro atoms. The van der Waals surface area contributed by atoms with Crippen LogP contribution < -0.4 is 10.6 Å². The van der Waals surface area contributed by atoms with E-state index in [-0.39, 0.29) is 12.6 Å². The van der Waals surface area contributed by atoms with Crippen LogP contribution in [0.2, 0.25) is 5.02 Å². The van der Waals surface area contributed by atoms with E-state index in [0.29, 0.717) is 24.1 Å². The SMILES string of the molecule is Cc1nc(N[C@H]2CCC[C@H]2c2ccc(Cl)cc2)nc(N[C@@H]2C[C@H](CO)[C@@H](O)[C@H]2O)c1-c1nc2cnccc2s1. The number of aliphatic hydroxyl groups is 3. The summed E-state index contributed by atoms with van der Waals surface area (Å²) in [6.45, 7) is 1.73. The van der Waals surface area contributed by atoms with Crippen molar-refractivity contribution < 1.29 is 15.3 Å². The molecule has 2 fully saturated rings. The molecular formula is C28H31ClN6O3S. The number of fused-ring (bicyclic) bond motifs is 1. The third-order valence-corrected chi connectivity index (χ3v) is 9.29. The lowest BCUT2D eigenvalue weighted by atomic mass is 9.94. The summed E-state index contributed by atoms with van der Waals surface area (Å²) in [4.78, 5) is 18.7. The van der Waals surface area contributed by atoms with Crippen LogP contribution in [0.4, 0.5) is 11.8 Å². The lowest BCUT2D eigenvalue weighted by molar-refractivity contribution is 0.00446. The van der Waals surface area contributed by atoms with E-state index in [0.717, 1.165) is 50.8 Å². The zero-order chi connectivity index (χ0) is 27.1. The molecule has 2 saturated carbocycles. The Kier molecular flexibility index (Phi) is 7.39. The van der Waals surface area contributed by atoms with Crippen LogP contribution in [0.15, 0.2) is 42.7 Å². The fraction of sp³-hybridized carbons (Fsp3) is 0.429. The van der Waals surface area contributed by atoms with Gasteiger partial charge in [-0.15, -0.1) is 11.3 Å².